The number of hydrogen-bond donors (Lipinski definition) is 2. The summed E-state index contributed by atoms with van der Waals surface area (Å²) >= 11 is 0. The van der Waals surface area contributed by atoms with E-state index < -0.39 is 16.6 Å². The van der Waals surface area contributed by atoms with Gasteiger partial charge in [0.1, 0.15) is 5.75 Å². The highest BCUT2D eigenvalue weighted by atomic mass is 16.6. The van der Waals surface area contributed by atoms with Crippen molar-refractivity contribution in [2.75, 3.05) is 14.2 Å². The molecule has 2 aromatic rings. The fourth-order valence-electron chi connectivity index (χ4n) is 2.20. The number of hydrogen-bond acceptors (Lipinski definition) is 6. The van der Waals surface area contributed by atoms with E-state index in [9.17, 15) is 25.1 Å². The molecule has 8 heteroatoms. The number of benzene rings is 2. The van der Waals surface area contributed by atoms with E-state index in [1.807, 2.05) is 0 Å². The van der Waals surface area contributed by atoms with Gasteiger partial charge in [-0.05, 0) is 23.8 Å². The first-order valence-corrected chi connectivity index (χ1v) is 7.02. The fourth-order valence-corrected chi connectivity index (χ4v) is 2.20. The van der Waals surface area contributed by atoms with Gasteiger partial charge in [0.25, 0.3) is 5.69 Å². The number of nitrogens with zero attached hydrogens (tertiary/aromatic N) is 1. The molecular weight excluding hydrogens is 330 g/mol. The van der Waals surface area contributed by atoms with Crippen LogP contribution in [0.15, 0.2) is 36.4 Å². The maximum atomic E-state index is 11.6. The zero-order valence-electron chi connectivity index (χ0n) is 13.4. The molecule has 0 amide bonds. The van der Waals surface area contributed by atoms with Crippen LogP contribution >= 0.6 is 0 Å². The number of carboxylic acids is 1. The highest BCUT2D eigenvalue weighted by Crippen LogP contribution is 2.36. The Bertz CT molecular complexity index is 858. The van der Waals surface area contributed by atoms with Crippen molar-refractivity contribution in [3.63, 3.8) is 0 Å². The van der Waals surface area contributed by atoms with Gasteiger partial charge in [-0.15, -0.1) is 0 Å². The number of nitro groups is 1. The van der Waals surface area contributed by atoms with E-state index in [0.717, 1.165) is 18.2 Å². The number of rotatable bonds is 6. The number of carbonyl (C=O) groups is 1. The first-order valence-electron chi connectivity index (χ1n) is 7.02. The van der Waals surface area contributed by atoms with Gasteiger partial charge >= 0.3 is 5.97 Å². The van der Waals surface area contributed by atoms with Crippen LogP contribution < -0.4 is 9.47 Å². The Kier molecular flexibility index (Phi) is 5.23. The lowest BCUT2D eigenvalue weighted by molar-refractivity contribution is -0.385. The monoisotopic (exact) mass is 345 g/mol. The molecule has 0 unspecified atom stereocenters. The molecule has 2 rings (SSSR count). The third kappa shape index (κ3) is 3.86. The van der Waals surface area contributed by atoms with Crippen molar-refractivity contribution in [1.82, 2.24) is 0 Å². The van der Waals surface area contributed by atoms with E-state index in [2.05, 4.69) is 0 Å². The summed E-state index contributed by atoms with van der Waals surface area (Å²) in [5.41, 5.74) is -0.240. The molecule has 0 fully saturated rings. The van der Waals surface area contributed by atoms with E-state index in [0.29, 0.717) is 11.3 Å². The Morgan fingerprint density at radius 2 is 1.92 bits per heavy atom. The first kappa shape index (κ1) is 17.8. The smallest absolute Gasteiger partial charge is 0.336 e. The average molecular weight is 345 g/mol. The lowest BCUT2D eigenvalue weighted by atomic mass is 10.0. The molecule has 8 nitrogen and oxygen atoms in total. The number of phenolic OH excluding ortho intramolecular Hbond substituents is 1. The Balaban J connectivity index is 2.66. The molecule has 130 valence electrons. The van der Waals surface area contributed by atoms with E-state index in [4.69, 9.17) is 9.47 Å². The highest BCUT2D eigenvalue weighted by molar-refractivity contribution is 6.21. The summed E-state index contributed by atoms with van der Waals surface area (Å²) < 4.78 is 9.98. The van der Waals surface area contributed by atoms with Crippen molar-refractivity contribution >= 4 is 23.3 Å². The molecule has 0 aliphatic rings. The van der Waals surface area contributed by atoms with Gasteiger partial charge in [-0.3, -0.25) is 10.1 Å². The number of carboxylic acid groups (broad SMARTS) is 1. The van der Waals surface area contributed by atoms with Crippen LogP contribution in [0, 0.1) is 10.1 Å². The van der Waals surface area contributed by atoms with Crippen LogP contribution in [0.1, 0.15) is 11.1 Å². The summed E-state index contributed by atoms with van der Waals surface area (Å²) in [5.74, 6) is -1.34. The molecule has 0 heterocycles. The summed E-state index contributed by atoms with van der Waals surface area (Å²) in [6, 6.07) is 8.44. The summed E-state index contributed by atoms with van der Waals surface area (Å²) in [6.45, 7) is 0. The molecule has 0 saturated carbocycles. The largest absolute Gasteiger partial charge is 0.504 e. The van der Waals surface area contributed by atoms with Gasteiger partial charge in [0.05, 0.1) is 30.8 Å². The van der Waals surface area contributed by atoms with E-state index >= 15 is 0 Å². The molecule has 25 heavy (non-hydrogen) atoms. The van der Waals surface area contributed by atoms with Gasteiger partial charge in [-0.25, -0.2) is 4.79 Å². The van der Waals surface area contributed by atoms with E-state index in [1.165, 1.54) is 20.3 Å². The Morgan fingerprint density at radius 1 is 1.20 bits per heavy atom. The van der Waals surface area contributed by atoms with E-state index in [-0.39, 0.29) is 22.6 Å². The molecule has 0 radical (unpaired) electrons. The summed E-state index contributed by atoms with van der Waals surface area (Å²) in [4.78, 5) is 22.0. The van der Waals surface area contributed by atoms with Crippen LogP contribution in [0.25, 0.3) is 11.6 Å². The molecule has 0 aliphatic heterocycles. The Morgan fingerprint density at radius 3 is 2.48 bits per heavy atom. The number of non-ortho nitro benzene ring substituents is 1. The second kappa shape index (κ2) is 7.35. The number of ether oxygens (including phenoxy) is 2. The van der Waals surface area contributed by atoms with Gasteiger partial charge in [-0.1, -0.05) is 12.1 Å². The molecule has 2 aromatic carbocycles. The quantitative estimate of drug-likeness (QED) is 0.357. The van der Waals surface area contributed by atoms with Crippen molar-refractivity contribution < 1.29 is 29.4 Å². The Labute approximate surface area is 142 Å². The first-order chi connectivity index (χ1) is 11.9. The topological polar surface area (TPSA) is 119 Å². The number of nitro benzene ring substituents is 1. The van der Waals surface area contributed by atoms with Crippen molar-refractivity contribution in [2.24, 2.45) is 0 Å². The fraction of sp³-hybridized carbons (Fsp3) is 0.118. The number of phenols is 1. The van der Waals surface area contributed by atoms with Gasteiger partial charge < -0.3 is 19.7 Å². The maximum absolute atomic E-state index is 11.6. The molecule has 2 N–H and O–H groups in total. The van der Waals surface area contributed by atoms with Crippen LogP contribution in [0.3, 0.4) is 0 Å². The molecular formula is C17H15NO7. The summed E-state index contributed by atoms with van der Waals surface area (Å²) in [6.07, 6.45) is 1.14. The molecule has 0 atom stereocenters. The van der Waals surface area contributed by atoms with Crippen LogP contribution in [0.4, 0.5) is 5.69 Å². The maximum Gasteiger partial charge on any atom is 0.336 e. The van der Waals surface area contributed by atoms with Crippen molar-refractivity contribution in [3.8, 4) is 17.2 Å². The normalized spacial score (nSPS) is 11.0. The second-order valence-electron chi connectivity index (χ2n) is 4.94. The minimum Gasteiger partial charge on any atom is -0.504 e. The predicted octanol–water partition coefficient (Wildman–Crippen LogP) is 2.94. The van der Waals surface area contributed by atoms with Crippen LogP contribution in [0.5, 0.6) is 17.2 Å². The van der Waals surface area contributed by atoms with Gasteiger partial charge in [0, 0.05) is 11.6 Å². The molecule has 0 saturated heterocycles. The number of aliphatic carboxylic acids is 1. The SMILES string of the molecule is COc1cccc(/C(=C/c2cc([N+](=O)[O-])cc(OC)c2O)C(=O)O)c1. The molecule has 0 bridgehead atoms. The van der Waals surface area contributed by atoms with Crippen molar-refractivity contribution in [2.45, 2.75) is 0 Å². The van der Waals surface area contributed by atoms with E-state index in [1.54, 1.807) is 18.2 Å². The third-order valence-corrected chi connectivity index (χ3v) is 3.43. The number of methoxy groups -OCH3 is 2. The number of aromatic hydroxyl groups is 1. The van der Waals surface area contributed by atoms with Crippen molar-refractivity contribution in [1.29, 1.82) is 0 Å². The average Bonchev–Trinajstić information content (AvgIpc) is 2.60. The summed E-state index contributed by atoms with van der Waals surface area (Å²) in [7, 11) is 2.69. The van der Waals surface area contributed by atoms with Crippen LogP contribution in [-0.4, -0.2) is 35.3 Å². The summed E-state index contributed by atoms with van der Waals surface area (Å²) in [5, 5.41) is 30.7. The second-order valence-corrected chi connectivity index (χ2v) is 4.94. The van der Waals surface area contributed by atoms with Crippen molar-refractivity contribution in [3.05, 3.63) is 57.6 Å². The lowest BCUT2D eigenvalue weighted by Gasteiger charge is -2.09. The molecule has 0 spiro atoms. The standard InChI is InChI=1S/C17H15NO7/c1-24-13-5-3-4-10(7-13)14(17(20)21)8-11-6-12(18(22)23)9-15(25-2)16(11)19/h3-9,19H,1-2H3,(H,20,21)/b14-8-. The highest BCUT2D eigenvalue weighted by Gasteiger charge is 2.18. The zero-order valence-corrected chi connectivity index (χ0v) is 13.4. The lowest BCUT2D eigenvalue weighted by Crippen LogP contribution is -2.00. The van der Waals surface area contributed by atoms with Gasteiger partial charge in [0.2, 0.25) is 0 Å². The van der Waals surface area contributed by atoms with Crippen LogP contribution in [-0.2, 0) is 4.79 Å². The minimum atomic E-state index is -1.27. The van der Waals surface area contributed by atoms with Gasteiger partial charge in [-0.2, -0.15) is 0 Å². The molecule has 0 aromatic heterocycles. The zero-order chi connectivity index (χ0) is 18.6. The minimum absolute atomic E-state index is 0.0498. The van der Waals surface area contributed by atoms with Gasteiger partial charge in [0.15, 0.2) is 11.5 Å². The molecule has 0 aliphatic carbocycles. The third-order valence-electron chi connectivity index (χ3n) is 3.43. The Hall–Kier alpha value is -3.55. The van der Waals surface area contributed by atoms with Crippen LogP contribution in [0.2, 0.25) is 0 Å². The predicted molar refractivity (Wildman–Crippen MR) is 89.8 cm³/mol.